The molecule has 5 aromatic rings. The van der Waals surface area contributed by atoms with Crippen molar-refractivity contribution in [2.24, 2.45) is 0 Å². The maximum atomic E-state index is 14.0. The van der Waals surface area contributed by atoms with Crippen LogP contribution in [0.3, 0.4) is 0 Å². The number of nitrogens with zero attached hydrogens (tertiary/aromatic N) is 5. The number of aryl methyl sites for hydroxylation is 1. The Bertz CT molecular complexity index is 1690. The summed E-state index contributed by atoms with van der Waals surface area (Å²) < 4.78 is 3.56. The maximum Gasteiger partial charge on any atom is 0.333 e. The molecule has 41 heavy (non-hydrogen) atoms. The number of imidazole rings is 1. The molecule has 0 unspecified atom stereocenters. The minimum Gasteiger partial charge on any atom is -0.294 e. The fourth-order valence-corrected chi connectivity index (χ4v) is 5.37. The van der Waals surface area contributed by atoms with Crippen LogP contribution in [0.5, 0.6) is 0 Å². The third-order valence-corrected chi connectivity index (χ3v) is 7.53. The number of benzene rings is 3. The van der Waals surface area contributed by atoms with Crippen LogP contribution in [-0.2, 0) is 13.0 Å². The zero-order valence-electron chi connectivity index (χ0n) is 24.1. The number of para-hydroxylation sites is 1. The van der Waals surface area contributed by atoms with Gasteiger partial charge in [-0.3, -0.25) is 13.9 Å². The van der Waals surface area contributed by atoms with E-state index in [4.69, 9.17) is 0 Å². The number of H-pyrrole nitrogens is 1. The summed E-state index contributed by atoms with van der Waals surface area (Å²) in [6, 6.07) is 21.9. The number of hydrogen-bond acceptors (Lipinski definition) is 5. The van der Waals surface area contributed by atoms with Crippen LogP contribution >= 0.6 is 0 Å². The molecular formula is C33H36N6O2. The van der Waals surface area contributed by atoms with Gasteiger partial charge in [-0.25, -0.2) is 4.79 Å². The lowest BCUT2D eigenvalue weighted by Crippen LogP contribution is -2.26. The van der Waals surface area contributed by atoms with Crippen LogP contribution in [0.1, 0.15) is 80.1 Å². The van der Waals surface area contributed by atoms with E-state index >= 15 is 0 Å². The molecular weight excluding hydrogens is 512 g/mol. The molecule has 8 nitrogen and oxygen atoms in total. The number of tetrazole rings is 1. The smallest absolute Gasteiger partial charge is 0.294 e. The molecule has 0 radical (unpaired) electrons. The average Bonchev–Trinajstić information content (AvgIpc) is 3.62. The van der Waals surface area contributed by atoms with Crippen molar-refractivity contribution in [3.05, 3.63) is 106 Å². The molecule has 0 aliphatic carbocycles. The first kappa shape index (κ1) is 28.0. The number of aromatic amines is 1. The molecule has 0 spiro atoms. The van der Waals surface area contributed by atoms with Crippen LogP contribution in [-0.4, -0.2) is 35.5 Å². The van der Waals surface area contributed by atoms with Crippen molar-refractivity contribution < 1.29 is 4.79 Å². The van der Waals surface area contributed by atoms with Gasteiger partial charge in [0.1, 0.15) is 0 Å². The molecule has 2 heterocycles. The number of rotatable bonds is 11. The molecule has 0 aliphatic rings. The molecule has 2 aromatic heterocycles. The van der Waals surface area contributed by atoms with Crippen molar-refractivity contribution in [3.63, 3.8) is 0 Å². The van der Waals surface area contributed by atoms with E-state index in [0.717, 1.165) is 59.2 Å². The highest BCUT2D eigenvalue weighted by atomic mass is 16.2. The number of carbonyl (C=O) groups is 1. The van der Waals surface area contributed by atoms with Crippen molar-refractivity contribution in [1.29, 1.82) is 0 Å². The Labute approximate surface area is 240 Å². The molecule has 0 bridgehead atoms. The van der Waals surface area contributed by atoms with E-state index in [9.17, 15) is 9.59 Å². The minimum absolute atomic E-state index is 0.0497. The highest BCUT2D eigenvalue weighted by Gasteiger charge is 2.21. The lowest BCUT2D eigenvalue weighted by Gasteiger charge is -2.16. The molecule has 0 atom stereocenters. The van der Waals surface area contributed by atoms with Crippen LogP contribution in [0.4, 0.5) is 0 Å². The standard InChI is InChI=1S/C33H36N6O2/c1-5-6-7-11-26-21-39(31-27(22(2)3)14-10-15-28(31)23(4)40)33(41)38(26)20-24-16-18-25(19-17-24)29-12-8-9-13-30(29)32-34-36-37-35-32/h8-10,12-19,21-22H,5-7,11,20H2,1-4H3,(H,34,35,36,37). The molecule has 0 aliphatic heterocycles. The summed E-state index contributed by atoms with van der Waals surface area (Å²) in [7, 11) is 0. The SMILES string of the molecule is CCCCCc1cn(-c2c(C(C)=O)cccc2C(C)C)c(=O)n1Cc1ccc(-c2ccccc2-c2nn[nH]n2)cc1. The summed E-state index contributed by atoms with van der Waals surface area (Å²) in [5.74, 6) is 0.651. The first-order valence-electron chi connectivity index (χ1n) is 14.3. The quantitative estimate of drug-likeness (QED) is 0.148. The van der Waals surface area contributed by atoms with E-state index < -0.39 is 0 Å². The zero-order chi connectivity index (χ0) is 28.9. The molecule has 8 heteroatoms. The van der Waals surface area contributed by atoms with Gasteiger partial charge in [0.2, 0.25) is 5.82 Å². The van der Waals surface area contributed by atoms with E-state index in [1.54, 1.807) is 11.5 Å². The highest BCUT2D eigenvalue weighted by Crippen LogP contribution is 2.30. The predicted octanol–water partition coefficient (Wildman–Crippen LogP) is 6.59. The second-order valence-corrected chi connectivity index (χ2v) is 10.7. The summed E-state index contributed by atoms with van der Waals surface area (Å²) in [6.07, 6.45) is 5.93. The fourth-order valence-electron chi connectivity index (χ4n) is 5.37. The van der Waals surface area contributed by atoms with Crippen molar-refractivity contribution >= 4 is 5.78 Å². The topological polar surface area (TPSA) is 98.5 Å². The first-order valence-corrected chi connectivity index (χ1v) is 14.3. The van der Waals surface area contributed by atoms with Crippen LogP contribution < -0.4 is 5.69 Å². The Morgan fingerprint density at radius 1 is 0.951 bits per heavy atom. The fraction of sp³-hybridized carbons (Fsp3) is 0.303. The van der Waals surface area contributed by atoms with Crippen LogP contribution in [0.25, 0.3) is 28.2 Å². The summed E-state index contributed by atoms with van der Waals surface area (Å²) in [6.45, 7) is 8.36. The number of aromatic nitrogens is 6. The van der Waals surface area contributed by atoms with Gasteiger partial charge < -0.3 is 0 Å². The third-order valence-electron chi connectivity index (χ3n) is 7.53. The number of unbranched alkanes of at least 4 members (excludes halogenated alkanes) is 2. The molecule has 0 saturated carbocycles. The Balaban J connectivity index is 1.54. The number of carbonyl (C=O) groups excluding carboxylic acids is 1. The second-order valence-electron chi connectivity index (χ2n) is 10.7. The molecule has 210 valence electrons. The number of hydrogen-bond donors (Lipinski definition) is 1. The summed E-state index contributed by atoms with van der Waals surface area (Å²) in [5, 5.41) is 14.5. The van der Waals surface area contributed by atoms with E-state index in [1.165, 1.54) is 0 Å². The monoisotopic (exact) mass is 548 g/mol. The lowest BCUT2D eigenvalue weighted by molar-refractivity contribution is 0.101. The largest absolute Gasteiger partial charge is 0.333 e. The Morgan fingerprint density at radius 2 is 1.71 bits per heavy atom. The number of nitrogens with one attached hydrogen (secondary N) is 1. The highest BCUT2D eigenvalue weighted by molar-refractivity contribution is 5.98. The molecule has 0 fully saturated rings. The van der Waals surface area contributed by atoms with Gasteiger partial charge in [-0.1, -0.05) is 94.3 Å². The Hall–Kier alpha value is -4.59. The molecule has 0 amide bonds. The zero-order valence-corrected chi connectivity index (χ0v) is 24.1. The maximum absolute atomic E-state index is 14.0. The average molecular weight is 549 g/mol. The van der Waals surface area contributed by atoms with Crippen LogP contribution in [0.15, 0.2) is 77.7 Å². The van der Waals surface area contributed by atoms with Gasteiger partial charge in [0.25, 0.3) is 0 Å². The van der Waals surface area contributed by atoms with Gasteiger partial charge >= 0.3 is 5.69 Å². The van der Waals surface area contributed by atoms with Crippen molar-refractivity contribution in [1.82, 2.24) is 29.8 Å². The molecule has 0 saturated heterocycles. The molecule has 3 aromatic carbocycles. The summed E-state index contributed by atoms with van der Waals surface area (Å²) >= 11 is 0. The van der Waals surface area contributed by atoms with Crippen LogP contribution in [0, 0.1) is 0 Å². The Kier molecular flexibility index (Phi) is 8.38. The van der Waals surface area contributed by atoms with E-state index in [2.05, 4.69) is 65.7 Å². The minimum atomic E-state index is -0.126. The van der Waals surface area contributed by atoms with E-state index in [-0.39, 0.29) is 17.4 Å². The van der Waals surface area contributed by atoms with Gasteiger partial charge in [-0.05, 0) is 59.2 Å². The molecule has 1 N–H and O–H groups in total. The van der Waals surface area contributed by atoms with Crippen molar-refractivity contribution in [3.8, 4) is 28.2 Å². The first-order chi connectivity index (χ1) is 19.9. The normalized spacial score (nSPS) is 11.3. The van der Waals surface area contributed by atoms with Crippen molar-refractivity contribution in [2.75, 3.05) is 0 Å². The predicted molar refractivity (Wildman–Crippen MR) is 162 cm³/mol. The number of Topliss-reactive ketones (excluding diaryl/α,β-unsaturated/α-hetero) is 1. The molecule has 5 rings (SSSR count). The van der Waals surface area contributed by atoms with Crippen molar-refractivity contribution in [2.45, 2.75) is 65.8 Å². The van der Waals surface area contributed by atoms with Gasteiger partial charge in [-0.2, -0.15) is 5.21 Å². The summed E-state index contributed by atoms with van der Waals surface area (Å²) in [5.41, 5.74) is 7.05. The van der Waals surface area contributed by atoms with Crippen LogP contribution in [0.2, 0.25) is 0 Å². The Morgan fingerprint density at radius 3 is 2.37 bits per heavy atom. The third kappa shape index (κ3) is 5.82. The second kappa shape index (κ2) is 12.3. The summed E-state index contributed by atoms with van der Waals surface area (Å²) in [4.78, 5) is 26.7. The number of ketones is 1. The van der Waals surface area contributed by atoms with Gasteiger partial charge in [0, 0.05) is 23.0 Å². The van der Waals surface area contributed by atoms with Gasteiger partial charge in [0.05, 0.1) is 12.2 Å². The van der Waals surface area contributed by atoms with Gasteiger partial charge in [-0.15, -0.1) is 10.2 Å². The van der Waals surface area contributed by atoms with Gasteiger partial charge in [0.15, 0.2) is 5.78 Å². The lowest BCUT2D eigenvalue weighted by atomic mass is 9.96. The van der Waals surface area contributed by atoms with E-state index in [1.807, 2.05) is 53.2 Å². The van der Waals surface area contributed by atoms with E-state index in [0.29, 0.717) is 23.6 Å².